The molecule has 0 bridgehead atoms. The van der Waals surface area contributed by atoms with Crippen molar-refractivity contribution in [3.63, 3.8) is 0 Å². The summed E-state index contributed by atoms with van der Waals surface area (Å²) in [4.78, 5) is 18.6. The molecule has 6 rings (SSSR count). The van der Waals surface area contributed by atoms with Gasteiger partial charge in [0.2, 0.25) is 0 Å². The molecule has 0 spiro atoms. The molecule has 1 aliphatic carbocycles. The van der Waals surface area contributed by atoms with Crippen molar-refractivity contribution in [3.05, 3.63) is 100 Å². The van der Waals surface area contributed by atoms with Gasteiger partial charge in [0.05, 0.1) is 24.8 Å². The van der Waals surface area contributed by atoms with Crippen LogP contribution in [0.5, 0.6) is 17.2 Å². The standard InChI is InChI=1S/C36H36ClFN2O7/c1-21(41)45-32-14-24(33-34(32)47-36(2,3)46-33)20-44-27-15-30(38)28-17-29(37)35(39-31(28)16-27)40(18-22-6-10-25(42-4)11-7-22)19-23-8-12-26(43-5)13-9-23/h6-17,32-34H,18-20H2,1-5H3. The Morgan fingerprint density at radius 2 is 1.55 bits per heavy atom. The van der Waals surface area contributed by atoms with Crippen molar-refractivity contribution >= 4 is 34.3 Å². The third kappa shape index (κ3) is 7.30. The highest BCUT2D eigenvalue weighted by Gasteiger charge is 2.51. The first kappa shape index (κ1) is 32.6. The maximum Gasteiger partial charge on any atom is 0.303 e. The highest BCUT2D eigenvalue weighted by atomic mass is 35.5. The number of rotatable bonds is 11. The van der Waals surface area contributed by atoms with Gasteiger partial charge in [-0.05, 0) is 67.0 Å². The molecule has 2 aliphatic rings. The fourth-order valence-electron chi connectivity index (χ4n) is 5.89. The second kappa shape index (κ2) is 13.4. The van der Waals surface area contributed by atoms with E-state index in [0.29, 0.717) is 29.4 Å². The lowest BCUT2D eigenvalue weighted by Gasteiger charge is -2.26. The highest BCUT2D eigenvalue weighted by molar-refractivity contribution is 6.33. The van der Waals surface area contributed by atoms with Crippen LogP contribution in [0.3, 0.4) is 0 Å². The van der Waals surface area contributed by atoms with Gasteiger partial charge in [-0.2, -0.15) is 0 Å². The number of anilines is 1. The lowest BCUT2D eigenvalue weighted by molar-refractivity contribution is -0.166. The SMILES string of the molecule is COc1ccc(CN(Cc2ccc(OC)cc2)c2nc3cc(OCC4=CC(OC(C)=O)C5OC(C)(C)OC45)cc(F)c3cc2Cl)cc1. The van der Waals surface area contributed by atoms with E-state index in [2.05, 4.69) is 0 Å². The Labute approximate surface area is 277 Å². The predicted molar refractivity (Wildman–Crippen MR) is 176 cm³/mol. The van der Waals surface area contributed by atoms with E-state index in [1.807, 2.05) is 53.4 Å². The molecule has 0 saturated carbocycles. The number of methoxy groups -OCH3 is 2. The van der Waals surface area contributed by atoms with Gasteiger partial charge in [0.1, 0.15) is 53.8 Å². The van der Waals surface area contributed by atoms with Gasteiger partial charge >= 0.3 is 5.97 Å². The van der Waals surface area contributed by atoms with E-state index >= 15 is 4.39 Å². The Morgan fingerprint density at radius 3 is 2.13 bits per heavy atom. The lowest BCUT2D eigenvalue weighted by Crippen LogP contribution is -2.32. The number of hydrogen-bond donors (Lipinski definition) is 0. The van der Waals surface area contributed by atoms with Gasteiger partial charge in [-0.25, -0.2) is 9.37 Å². The molecule has 4 aromatic rings. The minimum Gasteiger partial charge on any atom is -0.497 e. The van der Waals surface area contributed by atoms with Crippen LogP contribution in [-0.4, -0.2) is 55.9 Å². The molecule has 1 aliphatic heterocycles. The number of nitrogens with zero attached hydrogens (tertiary/aromatic N) is 2. The van der Waals surface area contributed by atoms with Gasteiger partial charge in [0.25, 0.3) is 0 Å². The van der Waals surface area contributed by atoms with Crippen LogP contribution in [0, 0.1) is 5.82 Å². The zero-order chi connectivity index (χ0) is 33.3. The average Bonchev–Trinajstić information content (AvgIpc) is 3.52. The maximum absolute atomic E-state index is 15.5. The Morgan fingerprint density at radius 1 is 0.936 bits per heavy atom. The summed E-state index contributed by atoms with van der Waals surface area (Å²) in [6.45, 7) is 5.98. The largest absolute Gasteiger partial charge is 0.497 e. The van der Waals surface area contributed by atoms with E-state index in [0.717, 1.165) is 28.2 Å². The first-order valence-electron chi connectivity index (χ1n) is 15.2. The summed E-state index contributed by atoms with van der Waals surface area (Å²) < 4.78 is 49.7. The number of benzene rings is 3. The van der Waals surface area contributed by atoms with Gasteiger partial charge in [-0.3, -0.25) is 4.79 Å². The van der Waals surface area contributed by atoms with Crippen molar-refractivity contribution in [2.24, 2.45) is 0 Å². The van der Waals surface area contributed by atoms with Crippen molar-refractivity contribution in [1.82, 2.24) is 4.98 Å². The zero-order valence-corrected chi connectivity index (χ0v) is 27.5. The van der Waals surface area contributed by atoms with Gasteiger partial charge < -0.3 is 33.3 Å². The molecule has 1 aromatic heterocycles. The zero-order valence-electron chi connectivity index (χ0n) is 26.8. The first-order valence-corrected chi connectivity index (χ1v) is 15.6. The van der Waals surface area contributed by atoms with Crippen LogP contribution in [0.2, 0.25) is 5.02 Å². The molecule has 3 atom stereocenters. The number of carbonyl (C=O) groups is 1. The summed E-state index contributed by atoms with van der Waals surface area (Å²) in [6, 6.07) is 20.1. The van der Waals surface area contributed by atoms with Gasteiger partial charge in [0.15, 0.2) is 5.79 Å². The quantitative estimate of drug-likeness (QED) is 0.124. The average molecular weight is 663 g/mol. The van der Waals surface area contributed by atoms with E-state index in [-0.39, 0.29) is 17.7 Å². The van der Waals surface area contributed by atoms with Crippen LogP contribution >= 0.6 is 11.6 Å². The molecule has 3 aromatic carbocycles. The molecule has 0 amide bonds. The molecule has 2 heterocycles. The Bertz CT molecular complexity index is 1750. The second-order valence-corrected chi connectivity index (χ2v) is 12.4. The number of pyridine rings is 1. The Balaban J connectivity index is 1.29. The summed E-state index contributed by atoms with van der Waals surface area (Å²) in [7, 11) is 3.25. The predicted octanol–water partition coefficient (Wildman–Crippen LogP) is 7.02. The van der Waals surface area contributed by atoms with Crippen LogP contribution in [0.15, 0.2) is 78.4 Å². The normalized spacial score (nSPS) is 19.6. The smallest absolute Gasteiger partial charge is 0.303 e. The van der Waals surface area contributed by atoms with Crippen LogP contribution in [0.4, 0.5) is 10.2 Å². The summed E-state index contributed by atoms with van der Waals surface area (Å²) in [5, 5.41) is 0.580. The van der Waals surface area contributed by atoms with Crippen LogP contribution < -0.4 is 19.1 Å². The van der Waals surface area contributed by atoms with Crippen LogP contribution in [0.25, 0.3) is 10.9 Å². The summed E-state index contributed by atoms with van der Waals surface area (Å²) in [5.41, 5.74) is 3.14. The molecule has 47 heavy (non-hydrogen) atoms. The van der Waals surface area contributed by atoms with E-state index in [1.165, 1.54) is 13.0 Å². The number of halogens is 2. The van der Waals surface area contributed by atoms with Crippen molar-refractivity contribution in [2.45, 2.75) is 58.0 Å². The van der Waals surface area contributed by atoms with Crippen LogP contribution in [-0.2, 0) is 32.1 Å². The summed E-state index contributed by atoms with van der Waals surface area (Å²) in [5.74, 6) is 0.471. The van der Waals surface area contributed by atoms with Crippen molar-refractivity contribution in [2.75, 3.05) is 25.7 Å². The van der Waals surface area contributed by atoms with E-state index in [4.69, 9.17) is 45.0 Å². The van der Waals surface area contributed by atoms with E-state index in [9.17, 15) is 4.79 Å². The highest BCUT2D eigenvalue weighted by Crippen LogP contribution is 2.40. The molecule has 0 N–H and O–H groups in total. The second-order valence-electron chi connectivity index (χ2n) is 11.9. The molecule has 0 radical (unpaired) electrons. The summed E-state index contributed by atoms with van der Waals surface area (Å²) >= 11 is 6.80. The number of ether oxygens (including phenoxy) is 6. The van der Waals surface area contributed by atoms with Gasteiger partial charge in [-0.1, -0.05) is 35.9 Å². The van der Waals surface area contributed by atoms with E-state index < -0.39 is 35.9 Å². The minimum atomic E-state index is -0.856. The maximum atomic E-state index is 15.5. The monoisotopic (exact) mass is 662 g/mol. The fraction of sp³-hybridized carbons (Fsp3) is 0.333. The fourth-order valence-corrected chi connectivity index (χ4v) is 6.16. The van der Waals surface area contributed by atoms with Crippen molar-refractivity contribution in [3.8, 4) is 17.2 Å². The third-order valence-corrected chi connectivity index (χ3v) is 8.34. The molecular formula is C36H36ClFN2O7. The van der Waals surface area contributed by atoms with E-state index in [1.54, 1.807) is 46.3 Å². The lowest BCUT2D eigenvalue weighted by atomic mass is 10.1. The molecule has 11 heteroatoms. The first-order chi connectivity index (χ1) is 22.5. The molecule has 1 saturated heterocycles. The number of hydrogen-bond acceptors (Lipinski definition) is 9. The summed E-state index contributed by atoms with van der Waals surface area (Å²) in [6.07, 6.45) is 0.206. The Hall–Kier alpha value is -4.38. The molecule has 1 fully saturated rings. The van der Waals surface area contributed by atoms with Gasteiger partial charge in [0, 0.05) is 37.5 Å². The number of esters is 1. The number of aromatic nitrogens is 1. The van der Waals surface area contributed by atoms with Crippen molar-refractivity contribution in [1.29, 1.82) is 0 Å². The minimum absolute atomic E-state index is 0.0742. The topological polar surface area (TPSA) is 88.6 Å². The molecule has 3 unspecified atom stereocenters. The van der Waals surface area contributed by atoms with Crippen LogP contribution in [0.1, 0.15) is 31.9 Å². The number of carbonyl (C=O) groups excluding carboxylic acids is 1. The van der Waals surface area contributed by atoms with Gasteiger partial charge in [-0.15, -0.1) is 0 Å². The van der Waals surface area contributed by atoms with Crippen molar-refractivity contribution < 1.29 is 37.6 Å². The third-order valence-electron chi connectivity index (χ3n) is 8.06. The number of fused-ring (bicyclic) bond motifs is 2. The Kier molecular flexibility index (Phi) is 9.27. The molecule has 9 nitrogen and oxygen atoms in total. The molecular weight excluding hydrogens is 627 g/mol. The molecule has 246 valence electrons.